The van der Waals surface area contributed by atoms with Crippen molar-refractivity contribution in [3.8, 4) is 11.3 Å². The van der Waals surface area contributed by atoms with Gasteiger partial charge in [-0.1, -0.05) is 43.5 Å². The number of H-pyrrole nitrogens is 1. The first-order valence-corrected chi connectivity index (χ1v) is 13.6. The fourth-order valence-corrected chi connectivity index (χ4v) is 4.49. The largest absolute Gasteiger partial charge is 0.369 e. The van der Waals surface area contributed by atoms with E-state index in [2.05, 4.69) is 49.6 Å². The average molecular weight is 515 g/mol. The molecule has 0 aliphatic rings. The Bertz CT molecular complexity index is 1260. The molecule has 3 aromatic heterocycles. The molecule has 4 rings (SSSR count). The van der Waals surface area contributed by atoms with Crippen LogP contribution in [0.3, 0.4) is 0 Å². The van der Waals surface area contributed by atoms with Gasteiger partial charge in [-0.05, 0) is 68.4 Å². The van der Waals surface area contributed by atoms with Crippen LogP contribution in [-0.4, -0.2) is 42.4 Å². The normalized spacial score (nSPS) is 11.1. The Balaban J connectivity index is 1.13. The lowest BCUT2D eigenvalue weighted by atomic mass is 10.1. The third kappa shape index (κ3) is 7.99. The maximum absolute atomic E-state index is 12.4. The molecule has 0 radical (unpaired) electrons. The number of nitrogens with two attached hydrogens (primary N) is 1. The molecule has 9 heteroatoms. The third-order valence-corrected chi connectivity index (χ3v) is 6.59. The molecule has 0 aliphatic carbocycles. The van der Waals surface area contributed by atoms with E-state index in [0.29, 0.717) is 24.6 Å². The summed E-state index contributed by atoms with van der Waals surface area (Å²) in [6.07, 6.45) is 15.1. The first-order valence-electron chi connectivity index (χ1n) is 13.6. The minimum Gasteiger partial charge on any atom is -0.369 e. The molecule has 0 unspecified atom stereocenters. The van der Waals surface area contributed by atoms with Gasteiger partial charge in [0.2, 0.25) is 0 Å². The van der Waals surface area contributed by atoms with E-state index in [9.17, 15) is 4.79 Å². The van der Waals surface area contributed by atoms with Crippen LogP contribution in [0.5, 0.6) is 0 Å². The lowest BCUT2D eigenvalue weighted by Gasteiger charge is -2.06. The molecule has 1 aromatic carbocycles. The van der Waals surface area contributed by atoms with Gasteiger partial charge in [-0.25, -0.2) is 4.98 Å². The quantitative estimate of drug-likeness (QED) is 0.196. The number of aromatic nitrogens is 6. The average Bonchev–Trinajstić information content (AvgIpc) is 3.55. The Labute approximate surface area is 224 Å². The topological polar surface area (TPSA) is 127 Å². The van der Waals surface area contributed by atoms with Gasteiger partial charge in [-0.15, -0.1) is 5.10 Å². The van der Waals surface area contributed by atoms with Gasteiger partial charge in [0.15, 0.2) is 5.95 Å². The number of hydrogen-bond donors (Lipinski definition) is 3. The highest BCUT2D eigenvalue weighted by Crippen LogP contribution is 2.23. The van der Waals surface area contributed by atoms with Gasteiger partial charge in [0.25, 0.3) is 5.91 Å². The van der Waals surface area contributed by atoms with E-state index in [0.717, 1.165) is 61.2 Å². The molecule has 0 saturated heterocycles. The number of carbonyl (C=O) groups excluding carboxylic acids is 1. The van der Waals surface area contributed by atoms with E-state index in [1.54, 1.807) is 17.1 Å². The van der Waals surface area contributed by atoms with Crippen LogP contribution in [0.2, 0.25) is 0 Å². The number of amides is 1. The highest BCUT2D eigenvalue weighted by atomic mass is 16.1. The Kier molecular flexibility index (Phi) is 10.0. The number of anilines is 1. The number of benzene rings is 1. The molecule has 0 aliphatic heterocycles. The number of carbonyl (C=O) groups is 1. The van der Waals surface area contributed by atoms with E-state index < -0.39 is 0 Å². The Morgan fingerprint density at radius 2 is 1.84 bits per heavy atom. The standard InChI is InChI=1S/C29H38N8O/c1-2-3-5-9-22-13-15-23(16-14-22)28(38)32-18-19-37-21-25(35-36-37)11-6-4-7-12-26-27(34-29(30)33-26)24-10-8-17-31-20-24/h8,10,13-17,20-21H,2-7,9,11-12,18-19H2,1H3,(H,32,38)(H3,30,33,34). The lowest BCUT2D eigenvalue weighted by Crippen LogP contribution is -2.27. The predicted octanol–water partition coefficient (Wildman–Crippen LogP) is 4.76. The van der Waals surface area contributed by atoms with Gasteiger partial charge in [0.05, 0.1) is 17.9 Å². The van der Waals surface area contributed by atoms with E-state index in [1.165, 1.54) is 24.8 Å². The molecule has 200 valence electrons. The summed E-state index contributed by atoms with van der Waals surface area (Å²) in [6, 6.07) is 11.8. The maximum atomic E-state index is 12.4. The van der Waals surface area contributed by atoms with Crippen molar-refractivity contribution < 1.29 is 4.79 Å². The second-order valence-electron chi connectivity index (χ2n) is 9.63. The van der Waals surface area contributed by atoms with Crippen molar-refractivity contribution in [2.75, 3.05) is 12.3 Å². The van der Waals surface area contributed by atoms with Crippen molar-refractivity contribution in [3.05, 3.63) is 77.5 Å². The number of rotatable bonds is 15. The van der Waals surface area contributed by atoms with Crippen LogP contribution in [0.4, 0.5) is 5.95 Å². The van der Waals surface area contributed by atoms with Gasteiger partial charge in [-0.2, -0.15) is 0 Å². The number of imidazole rings is 1. The number of nitrogens with zero attached hydrogens (tertiary/aromatic N) is 5. The van der Waals surface area contributed by atoms with E-state index in [1.807, 2.05) is 30.5 Å². The number of unbranched alkanes of at least 4 members (excludes halogenated alkanes) is 4. The summed E-state index contributed by atoms with van der Waals surface area (Å²) < 4.78 is 1.79. The molecule has 3 heterocycles. The van der Waals surface area contributed by atoms with Crippen LogP contribution < -0.4 is 11.1 Å². The zero-order valence-corrected chi connectivity index (χ0v) is 22.2. The summed E-state index contributed by atoms with van der Waals surface area (Å²) in [5, 5.41) is 11.5. The van der Waals surface area contributed by atoms with Crippen molar-refractivity contribution in [1.82, 2.24) is 35.3 Å². The molecule has 1 amide bonds. The van der Waals surface area contributed by atoms with Crippen molar-refractivity contribution in [2.45, 2.75) is 71.3 Å². The molecule has 0 spiro atoms. The van der Waals surface area contributed by atoms with Crippen molar-refractivity contribution in [2.24, 2.45) is 0 Å². The molecule has 0 bridgehead atoms. The number of nitrogen functional groups attached to an aromatic ring is 1. The zero-order chi connectivity index (χ0) is 26.6. The van der Waals surface area contributed by atoms with E-state index >= 15 is 0 Å². The summed E-state index contributed by atoms with van der Waals surface area (Å²) in [4.78, 5) is 24.2. The Morgan fingerprint density at radius 1 is 1.03 bits per heavy atom. The Hall–Kier alpha value is -4.01. The molecule has 0 fully saturated rings. The van der Waals surface area contributed by atoms with E-state index in [4.69, 9.17) is 5.73 Å². The van der Waals surface area contributed by atoms with Crippen LogP contribution in [0.1, 0.15) is 72.8 Å². The predicted molar refractivity (Wildman–Crippen MR) is 150 cm³/mol. The number of aryl methyl sites for hydroxylation is 3. The van der Waals surface area contributed by atoms with Crippen molar-refractivity contribution >= 4 is 11.9 Å². The van der Waals surface area contributed by atoms with Gasteiger partial charge in [-0.3, -0.25) is 14.5 Å². The number of hydrogen-bond acceptors (Lipinski definition) is 6. The van der Waals surface area contributed by atoms with Crippen LogP contribution in [-0.2, 0) is 25.8 Å². The van der Waals surface area contributed by atoms with Crippen LogP contribution in [0.25, 0.3) is 11.3 Å². The highest BCUT2D eigenvalue weighted by molar-refractivity contribution is 5.94. The number of aromatic amines is 1. The summed E-state index contributed by atoms with van der Waals surface area (Å²) in [6.45, 7) is 3.30. The van der Waals surface area contributed by atoms with Crippen LogP contribution in [0.15, 0.2) is 55.0 Å². The van der Waals surface area contributed by atoms with Crippen molar-refractivity contribution in [3.63, 3.8) is 0 Å². The number of nitrogens with one attached hydrogen (secondary N) is 2. The highest BCUT2D eigenvalue weighted by Gasteiger charge is 2.11. The molecular formula is C29H38N8O. The van der Waals surface area contributed by atoms with Gasteiger partial charge in [0, 0.05) is 42.0 Å². The SMILES string of the molecule is CCCCCc1ccc(C(=O)NCCn2cc(CCCCCc3[nH]c(N)nc3-c3cccnc3)nn2)cc1. The molecule has 38 heavy (non-hydrogen) atoms. The lowest BCUT2D eigenvalue weighted by molar-refractivity contribution is 0.0952. The second-order valence-corrected chi connectivity index (χ2v) is 9.63. The van der Waals surface area contributed by atoms with Gasteiger partial charge in [0.1, 0.15) is 0 Å². The first-order chi connectivity index (χ1) is 18.6. The van der Waals surface area contributed by atoms with Gasteiger partial charge < -0.3 is 16.0 Å². The molecule has 0 atom stereocenters. The third-order valence-electron chi connectivity index (χ3n) is 6.59. The molecular weight excluding hydrogens is 476 g/mol. The molecule has 9 nitrogen and oxygen atoms in total. The minimum atomic E-state index is -0.0591. The fourth-order valence-electron chi connectivity index (χ4n) is 4.49. The van der Waals surface area contributed by atoms with E-state index in [-0.39, 0.29) is 5.91 Å². The van der Waals surface area contributed by atoms with Crippen LogP contribution >= 0.6 is 0 Å². The maximum Gasteiger partial charge on any atom is 0.251 e. The molecule has 4 aromatic rings. The summed E-state index contributed by atoms with van der Waals surface area (Å²) in [7, 11) is 0. The Morgan fingerprint density at radius 3 is 2.63 bits per heavy atom. The summed E-state index contributed by atoms with van der Waals surface area (Å²) in [5.41, 5.74) is 11.7. The molecule has 4 N–H and O–H groups in total. The van der Waals surface area contributed by atoms with Gasteiger partial charge >= 0.3 is 0 Å². The number of pyridine rings is 1. The minimum absolute atomic E-state index is 0.0591. The first kappa shape index (κ1) is 27.0. The fraction of sp³-hybridized carbons (Fsp3) is 0.414. The van der Waals surface area contributed by atoms with Crippen LogP contribution in [0, 0.1) is 0 Å². The smallest absolute Gasteiger partial charge is 0.251 e. The summed E-state index contributed by atoms with van der Waals surface area (Å²) in [5.74, 6) is 0.374. The van der Waals surface area contributed by atoms with Crippen molar-refractivity contribution in [1.29, 1.82) is 0 Å². The second kappa shape index (κ2) is 14.1. The monoisotopic (exact) mass is 514 g/mol. The summed E-state index contributed by atoms with van der Waals surface area (Å²) >= 11 is 0. The molecule has 0 saturated carbocycles. The zero-order valence-electron chi connectivity index (χ0n) is 22.2.